The van der Waals surface area contributed by atoms with Crippen molar-refractivity contribution in [1.29, 1.82) is 0 Å². The standard InChI is InChI=1S/C20H22N4O2/c1-23(20(25)22-18-8-10-19(26-2)11-9-18)13-17-12-21-24(15-17)14-16-6-4-3-5-7-16/h3-12,15H,13-14H2,1-2H3,(H,22,25). The number of hydrogen-bond acceptors (Lipinski definition) is 3. The van der Waals surface area contributed by atoms with Gasteiger partial charge in [0.05, 0.1) is 26.4 Å². The minimum absolute atomic E-state index is 0.175. The third kappa shape index (κ3) is 4.63. The van der Waals surface area contributed by atoms with Gasteiger partial charge in [-0.05, 0) is 29.8 Å². The Balaban J connectivity index is 1.55. The lowest BCUT2D eigenvalue weighted by molar-refractivity contribution is 0.220. The second-order valence-electron chi connectivity index (χ2n) is 6.05. The highest BCUT2D eigenvalue weighted by Gasteiger charge is 2.11. The van der Waals surface area contributed by atoms with Crippen LogP contribution in [0, 0.1) is 0 Å². The highest BCUT2D eigenvalue weighted by Crippen LogP contribution is 2.15. The van der Waals surface area contributed by atoms with Crippen molar-refractivity contribution in [3.05, 3.63) is 78.1 Å². The van der Waals surface area contributed by atoms with E-state index in [1.165, 1.54) is 5.56 Å². The van der Waals surface area contributed by atoms with Gasteiger partial charge in [0.25, 0.3) is 0 Å². The van der Waals surface area contributed by atoms with Gasteiger partial charge in [-0.15, -0.1) is 0 Å². The van der Waals surface area contributed by atoms with E-state index >= 15 is 0 Å². The molecule has 0 bridgehead atoms. The van der Waals surface area contributed by atoms with Crippen LogP contribution in [0.3, 0.4) is 0 Å². The Morgan fingerprint density at radius 2 is 1.85 bits per heavy atom. The average Bonchev–Trinajstić information content (AvgIpc) is 3.10. The minimum Gasteiger partial charge on any atom is -0.497 e. The molecule has 1 aromatic heterocycles. The molecule has 3 rings (SSSR count). The average molecular weight is 350 g/mol. The molecule has 0 saturated heterocycles. The molecule has 0 aliphatic carbocycles. The molecule has 1 heterocycles. The first-order valence-electron chi connectivity index (χ1n) is 8.35. The fourth-order valence-electron chi connectivity index (χ4n) is 2.58. The Labute approximate surface area is 153 Å². The Bertz CT molecular complexity index is 844. The minimum atomic E-state index is -0.175. The predicted molar refractivity (Wildman–Crippen MR) is 101 cm³/mol. The number of carbonyl (C=O) groups excluding carboxylic acids is 1. The quantitative estimate of drug-likeness (QED) is 0.739. The van der Waals surface area contributed by atoms with E-state index in [4.69, 9.17) is 4.74 Å². The molecule has 0 saturated carbocycles. The smallest absolute Gasteiger partial charge is 0.321 e. The Morgan fingerprint density at radius 3 is 2.54 bits per heavy atom. The van der Waals surface area contributed by atoms with Crippen molar-refractivity contribution in [2.24, 2.45) is 0 Å². The number of anilines is 1. The Morgan fingerprint density at radius 1 is 1.12 bits per heavy atom. The van der Waals surface area contributed by atoms with E-state index in [0.29, 0.717) is 13.1 Å². The normalized spacial score (nSPS) is 10.4. The summed E-state index contributed by atoms with van der Waals surface area (Å²) in [6.45, 7) is 1.19. The van der Waals surface area contributed by atoms with Crippen LogP contribution in [0.4, 0.5) is 10.5 Å². The number of benzene rings is 2. The van der Waals surface area contributed by atoms with Gasteiger partial charge in [0, 0.05) is 24.5 Å². The van der Waals surface area contributed by atoms with Gasteiger partial charge in [-0.2, -0.15) is 5.10 Å². The number of amides is 2. The van der Waals surface area contributed by atoms with Crippen LogP contribution in [0.2, 0.25) is 0 Å². The number of carbonyl (C=O) groups is 1. The summed E-state index contributed by atoms with van der Waals surface area (Å²) in [5, 5.41) is 7.24. The van der Waals surface area contributed by atoms with Crippen LogP contribution in [-0.4, -0.2) is 34.9 Å². The van der Waals surface area contributed by atoms with Crippen LogP contribution in [0.1, 0.15) is 11.1 Å². The first-order valence-corrected chi connectivity index (χ1v) is 8.35. The van der Waals surface area contributed by atoms with Gasteiger partial charge in [0.15, 0.2) is 0 Å². The Hall–Kier alpha value is -3.28. The number of nitrogens with zero attached hydrogens (tertiary/aromatic N) is 3. The molecule has 2 aromatic carbocycles. The second kappa shape index (κ2) is 8.20. The monoisotopic (exact) mass is 350 g/mol. The van der Waals surface area contributed by atoms with E-state index in [-0.39, 0.29) is 6.03 Å². The molecule has 0 atom stereocenters. The van der Waals surface area contributed by atoms with E-state index in [2.05, 4.69) is 22.5 Å². The van der Waals surface area contributed by atoms with Crippen molar-refractivity contribution in [1.82, 2.24) is 14.7 Å². The second-order valence-corrected chi connectivity index (χ2v) is 6.05. The molecule has 6 heteroatoms. The molecule has 0 aliphatic heterocycles. The van der Waals surface area contributed by atoms with Crippen molar-refractivity contribution in [3.8, 4) is 5.75 Å². The summed E-state index contributed by atoms with van der Waals surface area (Å²) in [5.74, 6) is 0.752. The van der Waals surface area contributed by atoms with Crippen LogP contribution < -0.4 is 10.1 Å². The molecule has 0 radical (unpaired) electrons. The topological polar surface area (TPSA) is 59.4 Å². The highest BCUT2D eigenvalue weighted by molar-refractivity contribution is 5.89. The third-order valence-corrected chi connectivity index (χ3v) is 3.98. The van der Waals surface area contributed by atoms with E-state index in [1.807, 2.05) is 53.3 Å². The van der Waals surface area contributed by atoms with Gasteiger partial charge < -0.3 is 15.0 Å². The van der Waals surface area contributed by atoms with Crippen molar-refractivity contribution in [2.45, 2.75) is 13.1 Å². The molecule has 26 heavy (non-hydrogen) atoms. The van der Waals surface area contributed by atoms with Crippen LogP contribution in [0.5, 0.6) is 5.75 Å². The summed E-state index contributed by atoms with van der Waals surface area (Å²) in [6, 6.07) is 17.2. The van der Waals surface area contributed by atoms with Crippen molar-refractivity contribution < 1.29 is 9.53 Å². The molecule has 0 fully saturated rings. The number of hydrogen-bond donors (Lipinski definition) is 1. The molecule has 1 N–H and O–H groups in total. The lowest BCUT2D eigenvalue weighted by atomic mass is 10.2. The number of urea groups is 1. The number of ether oxygens (including phenoxy) is 1. The molecule has 0 spiro atoms. The number of nitrogens with one attached hydrogen (secondary N) is 1. The van der Waals surface area contributed by atoms with Crippen LogP contribution in [0.15, 0.2) is 67.0 Å². The first-order chi connectivity index (χ1) is 12.6. The van der Waals surface area contributed by atoms with Gasteiger partial charge >= 0.3 is 6.03 Å². The van der Waals surface area contributed by atoms with Gasteiger partial charge in [-0.25, -0.2) is 4.79 Å². The van der Waals surface area contributed by atoms with Crippen LogP contribution in [0.25, 0.3) is 0 Å². The summed E-state index contributed by atoms with van der Waals surface area (Å²) in [7, 11) is 3.37. The van der Waals surface area contributed by atoms with Crippen LogP contribution in [-0.2, 0) is 13.1 Å². The summed E-state index contributed by atoms with van der Waals surface area (Å²) in [6.07, 6.45) is 3.75. The Kier molecular flexibility index (Phi) is 5.53. The van der Waals surface area contributed by atoms with E-state index in [9.17, 15) is 4.79 Å². The van der Waals surface area contributed by atoms with Crippen molar-refractivity contribution in [3.63, 3.8) is 0 Å². The first kappa shape index (κ1) is 17.5. The highest BCUT2D eigenvalue weighted by atomic mass is 16.5. The zero-order chi connectivity index (χ0) is 18.4. The van der Waals surface area contributed by atoms with Crippen LogP contribution >= 0.6 is 0 Å². The SMILES string of the molecule is COc1ccc(NC(=O)N(C)Cc2cnn(Cc3ccccc3)c2)cc1. The number of methoxy groups -OCH3 is 1. The zero-order valence-electron chi connectivity index (χ0n) is 14.9. The molecule has 0 unspecified atom stereocenters. The van der Waals surface area contributed by atoms with Gasteiger partial charge in [0.1, 0.15) is 5.75 Å². The van der Waals surface area contributed by atoms with Gasteiger partial charge in [-0.1, -0.05) is 30.3 Å². The third-order valence-electron chi connectivity index (χ3n) is 3.98. The number of rotatable bonds is 6. The van der Waals surface area contributed by atoms with Gasteiger partial charge in [0.2, 0.25) is 0 Å². The molecule has 2 amide bonds. The van der Waals surface area contributed by atoms with Gasteiger partial charge in [-0.3, -0.25) is 4.68 Å². The zero-order valence-corrected chi connectivity index (χ0v) is 14.9. The fourth-order valence-corrected chi connectivity index (χ4v) is 2.58. The maximum atomic E-state index is 12.3. The molecule has 3 aromatic rings. The summed E-state index contributed by atoms with van der Waals surface area (Å²) in [4.78, 5) is 13.9. The van der Waals surface area contributed by atoms with Crippen molar-refractivity contribution in [2.75, 3.05) is 19.5 Å². The number of aromatic nitrogens is 2. The fraction of sp³-hybridized carbons (Fsp3) is 0.200. The lowest BCUT2D eigenvalue weighted by Crippen LogP contribution is -2.30. The summed E-state index contributed by atoms with van der Waals surface area (Å²) < 4.78 is 6.99. The molecule has 134 valence electrons. The largest absolute Gasteiger partial charge is 0.497 e. The molecular weight excluding hydrogens is 328 g/mol. The van der Waals surface area contributed by atoms with E-state index < -0.39 is 0 Å². The van der Waals surface area contributed by atoms with E-state index in [1.54, 1.807) is 25.3 Å². The van der Waals surface area contributed by atoms with E-state index in [0.717, 1.165) is 17.0 Å². The lowest BCUT2D eigenvalue weighted by Gasteiger charge is -2.17. The predicted octanol–water partition coefficient (Wildman–Crippen LogP) is 3.60. The molecular formula is C20H22N4O2. The summed E-state index contributed by atoms with van der Waals surface area (Å²) >= 11 is 0. The molecule has 6 nitrogen and oxygen atoms in total. The summed E-state index contributed by atoms with van der Waals surface area (Å²) in [5.41, 5.74) is 2.89. The molecule has 0 aliphatic rings. The van der Waals surface area contributed by atoms with Crippen molar-refractivity contribution >= 4 is 11.7 Å². The maximum absolute atomic E-state index is 12.3. The maximum Gasteiger partial charge on any atom is 0.321 e.